The SMILES string of the molecule is CN=C(NCC(C)(C)c1ccccc1)N1CCCC(C)C1.I. The van der Waals surface area contributed by atoms with Crippen LogP contribution in [0.1, 0.15) is 39.2 Å². The largest absolute Gasteiger partial charge is 0.355 e. The zero-order valence-electron chi connectivity index (χ0n) is 14.3. The Labute approximate surface area is 152 Å². The maximum atomic E-state index is 4.47. The van der Waals surface area contributed by atoms with E-state index in [2.05, 4.69) is 66.3 Å². The van der Waals surface area contributed by atoms with E-state index in [1.54, 1.807) is 0 Å². The van der Waals surface area contributed by atoms with Gasteiger partial charge in [0, 0.05) is 32.1 Å². The molecule has 0 spiro atoms. The Hall–Kier alpha value is -0.780. The highest BCUT2D eigenvalue weighted by Crippen LogP contribution is 2.22. The van der Waals surface area contributed by atoms with Crippen molar-refractivity contribution in [1.82, 2.24) is 10.2 Å². The van der Waals surface area contributed by atoms with Crippen LogP contribution >= 0.6 is 24.0 Å². The molecule has 0 radical (unpaired) electrons. The Morgan fingerprint density at radius 2 is 2.00 bits per heavy atom. The van der Waals surface area contributed by atoms with Gasteiger partial charge in [-0.25, -0.2) is 0 Å². The number of halogens is 1. The van der Waals surface area contributed by atoms with Gasteiger partial charge in [0.15, 0.2) is 5.96 Å². The molecule has 1 aromatic rings. The van der Waals surface area contributed by atoms with E-state index in [-0.39, 0.29) is 29.4 Å². The molecule has 1 aliphatic heterocycles. The standard InChI is InChI=1S/C18H29N3.HI/c1-15-9-8-12-21(13-15)17(19-4)20-14-18(2,3)16-10-6-5-7-11-16;/h5-7,10-11,15H,8-9,12-14H2,1-4H3,(H,19,20);1H. The van der Waals surface area contributed by atoms with Gasteiger partial charge in [0.2, 0.25) is 0 Å². The number of rotatable bonds is 3. The van der Waals surface area contributed by atoms with Crippen LogP contribution in [-0.4, -0.2) is 37.5 Å². The van der Waals surface area contributed by atoms with E-state index in [0.717, 1.165) is 31.5 Å². The number of hydrogen-bond acceptors (Lipinski definition) is 1. The van der Waals surface area contributed by atoms with Crippen molar-refractivity contribution < 1.29 is 0 Å². The molecule has 0 amide bonds. The van der Waals surface area contributed by atoms with Crippen LogP contribution in [0.3, 0.4) is 0 Å². The van der Waals surface area contributed by atoms with Crippen LogP contribution in [0.15, 0.2) is 35.3 Å². The molecule has 1 atom stereocenters. The minimum Gasteiger partial charge on any atom is -0.355 e. The molecular formula is C18H30IN3. The summed E-state index contributed by atoms with van der Waals surface area (Å²) in [6, 6.07) is 10.7. The van der Waals surface area contributed by atoms with E-state index in [4.69, 9.17) is 0 Å². The molecule has 1 aliphatic rings. The van der Waals surface area contributed by atoms with Crippen LogP contribution in [-0.2, 0) is 5.41 Å². The Morgan fingerprint density at radius 1 is 1.32 bits per heavy atom. The first kappa shape index (κ1) is 19.3. The van der Waals surface area contributed by atoms with Crippen molar-refractivity contribution in [3.05, 3.63) is 35.9 Å². The fourth-order valence-electron chi connectivity index (χ4n) is 3.01. The fraction of sp³-hybridized carbons (Fsp3) is 0.611. The van der Waals surface area contributed by atoms with Crippen molar-refractivity contribution in [3.8, 4) is 0 Å². The Morgan fingerprint density at radius 3 is 2.59 bits per heavy atom. The molecule has 1 N–H and O–H groups in total. The van der Waals surface area contributed by atoms with Gasteiger partial charge in [0.25, 0.3) is 0 Å². The van der Waals surface area contributed by atoms with Crippen molar-refractivity contribution in [2.75, 3.05) is 26.7 Å². The molecule has 1 unspecified atom stereocenters. The second-order valence-electron chi connectivity index (χ2n) is 6.84. The van der Waals surface area contributed by atoms with E-state index in [9.17, 15) is 0 Å². The number of guanidine groups is 1. The first-order chi connectivity index (χ1) is 10.0. The Bertz CT molecular complexity index is 470. The van der Waals surface area contributed by atoms with Crippen LogP contribution in [0.4, 0.5) is 0 Å². The minimum atomic E-state index is 0. The lowest BCUT2D eigenvalue weighted by molar-refractivity contribution is 0.264. The number of nitrogens with zero attached hydrogens (tertiary/aromatic N) is 2. The van der Waals surface area contributed by atoms with Gasteiger partial charge in [0.1, 0.15) is 0 Å². The summed E-state index contributed by atoms with van der Waals surface area (Å²) in [5.41, 5.74) is 1.46. The van der Waals surface area contributed by atoms with Gasteiger partial charge in [-0.2, -0.15) is 0 Å². The molecule has 0 aliphatic carbocycles. The number of nitrogens with one attached hydrogen (secondary N) is 1. The average Bonchev–Trinajstić information content (AvgIpc) is 2.49. The van der Waals surface area contributed by atoms with Crippen LogP contribution in [0.2, 0.25) is 0 Å². The monoisotopic (exact) mass is 415 g/mol. The molecule has 124 valence electrons. The van der Waals surface area contributed by atoms with E-state index in [1.807, 2.05) is 7.05 Å². The van der Waals surface area contributed by atoms with Gasteiger partial charge in [-0.1, -0.05) is 51.1 Å². The van der Waals surface area contributed by atoms with E-state index in [0.29, 0.717) is 0 Å². The van der Waals surface area contributed by atoms with Crippen LogP contribution in [0.5, 0.6) is 0 Å². The summed E-state index contributed by atoms with van der Waals surface area (Å²) < 4.78 is 0. The molecule has 4 heteroatoms. The fourth-order valence-corrected chi connectivity index (χ4v) is 3.01. The molecule has 0 bridgehead atoms. The lowest BCUT2D eigenvalue weighted by Crippen LogP contribution is -2.49. The van der Waals surface area contributed by atoms with Crippen LogP contribution < -0.4 is 5.32 Å². The number of piperidine rings is 1. The third-order valence-electron chi connectivity index (χ3n) is 4.41. The molecular weight excluding hydrogens is 385 g/mol. The molecule has 2 rings (SSSR count). The van der Waals surface area contributed by atoms with E-state index in [1.165, 1.54) is 18.4 Å². The van der Waals surface area contributed by atoms with Gasteiger partial charge in [-0.15, -0.1) is 24.0 Å². The quantitative estimate of drug-likeness (QED) is 0.461. The van der Waals surface area contributed by atoms with Gasteiger partial charge in [-0.3, -0.25) is 4.99 Å². The summed E-state index contributed by atoms with van der Waals surface area (Å²) in [6.07, 6.45) is 2.60. The van der Waals surface area contributed by atoms with Crippen LogP contribution in [0, 0.1) is 5.92 Å². The molecule has 1 saturated heterocycles. The molecule has 22 heavy (non-hydrogen) atoms. The first-order valence-corrected chi connectivity index (χ1v) is 8.04. The summed E-state index contributed by atoms with van der Waals surface area (Å²) in [5.74, 6) is 1.81. The Kier molecular flexibility index (Phi) is 7.66. The summed E-state index contributed by atoms with van der Waals surface area (Å²) in [6.45, 7) is 10.0. The molecule has 1 heterocycles. The zero-order valence-corrected chi connectivity index (χ0v) is 16.6. The highest BCUT2D eigenvalue weighted by molar-refractivity contribution is 14.0. The second-order valence-corrected chi connectivity index (χ2v) is 6.84. The zero-order chi connectivity index (χ0) is 15.3. The highest BCUT2D eigenvalue weighted by Gasteiger charge is 2.23. The maximum Gasteiger partial charge on any atom is 0.193 e. The number of hydrogen-bond donors (Lipinski definition) is 1. The molecule has 3 nitrogen and oxygen atoms in total. The van der Waals surface area contributed by atoms with Gasteiger partial charge >= 0.3 is 0 Å². The van der Waals surface area contributed by atoms with Gasteiger partial charge in [-0.05, 0) is 24.3 Å². The smallest absolute Gasteiger partial charge is 0.193 e. The molecule has 1 fully saturated rings. The second kappa shape index (κ2) is 8.75. The normalized spacial score (nSPS) is 19.5. The topological polar surface area (TPSA) is 27.6 Å². The highest BCUT2D eigenvalue weighted by atomic mass is 127. The van der Waals surface area contributed by atoms with Crippen molar-refractivity contribution >= 4 is 29.9 Å². The third-order valence-corrected chi connectivity index (χ3v) is 4.41. The minimum absolute atomic E-state index is 0. The van der Waals surface area contributed by atoms with Crippen molar-refractivity contribution in [1.29, 1.82) is 0 Å². The van der Waals surface area contributed by atoms with Crippen molar-refractivity contribution in [3.63, 3.8) is 0 Å². The van der Waals surface area contributed by atoms with E-state index < -0.39 is 0 Å². The van der Waals surface area contributed by atoms with Gasteiger partial charge in [0.05, 0.1) is 0 Å². The predicted molar refractivity (Wildman–Crippen MR) is 106 cm³/mol. The summed E-state index contributed by atoms with van der Waals surface area (Å²) in [5, 5.41) is 3.57. The number of aliphatic imine (C=N–C) groups is 1. The number of likely N-dealkylation sites (tertiary alicyclic amines) is 1. The van der Waals surface area contributed by atoms with Crippen molar-refractivity contribution in [2.24, 2.45) is 10.9 Å². The van der Waals surface area contributed by atoms with Gasteiger partial charge < -0.3 is 10.2 Å². The molecule has 1 aromatic carbocycles. The summed E-state index contributed by atoms with van der Waals surface area (Å²) in [7, 11) is 1.89. The molecule has 0 saturated carbocycles. The van der Waals surface area contributed by atoms with E-state index >= 15 is 0 Å². The van der Waals surface area contributed by atoms with Crippen LogP contribution in [0.25, 0.3) is 0 Å². The Balaban J connectivity index is 0.00000242. The lowest BCUT2D eigenvalue weighted by Gasteiger charge is -2.35. The summed E-state index contributed by atoms with van der Waals surface area (Å²) >= 11 is 0. The lowest BCUT2D eigenvalue weighted by atomic mass is 9.85. The number of benzene rings is 1. The summed E-state index contributed by atoms with van der Waals surface area (Å²) in [4.78, 5) is 6.87. The molecule has 0 aromatic heterocycles. The third kappa shape index (κ3) is 5.14. The first-order valence-electron chi connectivity index (χ1n) is 8.04. The maximum absolute atomic E-state index is 4.47. The van der Waals surface area contributed by atoms with Crippen molar-refractivity contribution in [2.45, 2.75) is 39.0 Å². The average molecular weight is 415 g/mol. The predicted octanol–water partition coefficient (Wildman–Crippen LogP) is 3.89.